The van der Waals surface area contributed by atoms with Gasteiger partial charge in [-0.3, -0.25) is 9.10 Å². The third-order valence-electron chi connectivity index (χ3n) is 4.13. The zero-order chi connectivity index (χ0) is 20.9. The van der Waals surface area contributed by atoms with Crippen LogP contribution >= 0.6 is 11.6 Å². The van der Waals surface area contributed by atoms with E-state index in [1.165, 1.54) is 24.3 Å². The van der Waals surface area contributed by atoms with Gasteiger partial charge in [-0.2, -0.15) is 0 Å². The fourth-order valence-electron chi connectivity index (χ4n) is 2.75. The van der Waals surface area contributed by atoms with Crippen molar-refractivity contribution in [3.05, 3.63) is 102 Å². The standard InChI is InChI=1S/C22H19ClN2O3S/c1-2-15-25(21-14-7-6-13-20(21)23)29(27,28)19-12-8-9-17(16-19)22(26)24-18-10-4-3-5-11-18/h2-14,16H,1,15H2,(H,24,26). The van der Waals surface area contributed by atoms with Gasteiger partial charge in [0, 0.05) is 11.3 Å². The van der Waals surface area contributed by atoms with Crippen molar-refractivity contribution < 1.29 is 13.2 Å². The maximum absolute atomic E-state index is 13.3. The first-order valence-corrected chi connectivity index (χ1v) is 10.6. The Morgan fingerprint density at radius 1 is 1.00 bits per heavy atom. The van der Waals surface area contributed by atoms with Gasteiger partial charge >= 0.3 is 0 Å². The molecule has 7 heteroatoms. The van der Waals surface area contributed by atoms with Crippen LogP contribution < -0.4 is 9.62 Å². The molecule has 0 spiro atoms. The highest BCUT2D eigenvalue weighted by atomic mass is 35.5. The summed E-state index contributed by atoms with van der Waals surface area (Å²) in [4.78, 5) is 12.5. The highest BCUT2D eigenvalue weighted by molar-refractivity contribution is 7.92. The lowest BCUT2D eigenvalue weighted by Crippen LogP contribution is -2.31. The number of carbonyl (C=O) groups excluding carboxylic acids is 1. The average molecular weight is 427 g/mol. The maximum Gasteiger partial charge on any atom is 0.264 e. The lowest BCUT2D eigenvalue weighted by atomic mass is 10.2. The molecule has 0 fully saturated rings. The molecule has 0 heterocycles. The van der Waals surface area contributed by atoms with Gasteiger partial charge in [-0.15, -0.1) is 6.58 Å². The average Bonchev–Trinajstić information content (AvgIpc) is 2.73. The van der Waals surface area contributed by atoms with E-state index in [0.29, 0.717) is 16.4 Å². The van der Waals surface area contributed by atoms with Gasteiger partial charge in [-0.05, 0) is 42.5 Å². The maximum atomic E-state index is 13.3. The Morgan fingerprint density at radius 3 is 2.38 bits per heavy atom. The number of nitrogens with zero attached hydrogens (tertiary/aromatic N) is 1. The fourth-order valence-corrected chi connectivity index (χ4v) is 4.54. The van der Waals surface area contributed by atoms with Crippen molar-refractivity contribution in [3.63, 3.8) is 0 Å². The van der Waals surface area contributed by atoms with E-state index in [9.17, 15) is 13.2 Å². The van der Waals surface area contributed by atoms with Crippen LogP contribution in [0.3, 0.4) is 0 Å². The Bertz CT molecular complexity index is 1130. The molecule has 0 aromatic heterocycles. The van der Waals surface area contributed by atoms with Crippen LogP contribution in [0.2, 0.25) is 5.02 Å². The van der Waals surface area contributed by atoms with E-state index in [-0.39, 0.29) is 17.0 Å². The molecule has 3 rings (SSSR count). The summed E-state index contributed by atoms with van der Waals surface area (Å²) < 4.78 is 27.8. The summed E-state index contributed by atoms with van der Waals surface area (Å²) in [5.41, 5.74) is 1.19. The van der Waals surface area contributed by atoms with Crippen molar-refractivity contribution in [1.82, 2.24) is 0 Å². The van der Waals surface area contributed by atoms with Gasteiger partial charge < -0.3 is 5.32 Å². The molecule has 3 aromatic carbocycles. The molecule has 0 radical (unpaired) electrons. The Hall–Kier alpha value is -3.09. The summed E-state index contributed by atoms with van der Waals surface area (Å²) in [6, 6.07) is 21.5. The first-order valence-electron chi connectivity index (χ1n) is 8.78. The second kappa shape index (κ2) is 8.94. The minimum Gasteiger partial charge on any atom is -0.322 e. The van der Waals surface area contributed by atoms with Gasteiger partial charge in [0.05, 0.1) is 22.2 Å². The molecule has 0 atom stereocenters. The minimum absolute atomic E-state index is 0.0139. The molecule has 0 unspecified atom stereocenters. The molecule has 0 aliphatic carbocycles. The Labute approximate surface area is 175 Å². The number of rotatable bonds is 7. The van der Waals surface area contributed by atoms with Crippen LogP contribution in [0.4, 0.5) is 11.4 Å². The molecule has 1 N–H and O–H groups in total. The highest BCUT2D eigenvalue weighted by Crippen LogP contribution is 2.30. The molecule has 29 heavy (non-hydrogen) atoms. The molecule has 0 aliphatic heterocycles. The number of anilines is 2. The van der Waals surface area contributed by atoms with Gasteiger partial charge in [-0.25, -0.2) is 8.42 Å². The monoisotopic (exact) mass is 426 g/mol. The predicted molar refractivity (Wildman–Crippen MR) is 117 cm³/mol. The normalized spacial score (nSPS) is 10.9. The summed E-state index contributed by atoms with van der Waals surface area (Å²) in [7, 11) is -3.97. The van der Waals surface area contributed by atoms with E-state index in [0.717, 1.165) is 4.31 Å². The number of carbonyl (C=O) groups is 1. The van der Waals surface area contributed by atoms with Crippen LogP contribution in [0.15, 0.2) is 96.4 Å². The van der Waals surface area contributed by atoms with Crippen LogP contribution in [0, 0.1) is 0 Å². The number of hydrogen-bond donors (Lipinski definition) is 1. The van der Waals surface area contributed by atoms with Crippen LogP contribution in [-0.2, 0) is 10.0 Å². The number of para-hydroxylation sites is 2. The van der Waals surface area contributed by atoms with Crippen LogP contribution in [0.25, 0.3) is 0 Å². The molecule has 3 aromatic rings. The Morgan fingerprint density at radius 2 is 1.69 bits per heavy atom. The zero-order valence-electron chi connectivity index (χ0n) is 15.5. The van der Waals surface area contributed by atoms with Crippen molar-refractivity contribution in [2.45, 2.75) is 4.90 Å². The fraction of sp³-hybridized carbons (Fsp3) is 0.0455. The zero-order valence-corrected chi connectivity index (χ0v) is 17.0. The predicted octanol–water partition coefficient (Wildman–Crippen LogP) is 4.97. The van der Waals surface area contributed by atoms with Gasteiger partial charge in [0.25, 0.3) is 15.9 Å². The minimum atomic E-state index is -3.97. The number of halogens is 1. The summed E-state index contributed by atoms with van der Waals surface area (Å²) in [6.45, 7) is 3.68. The van der Waals surface area contributed by atoms with Crippen molar-refractivity contribution >= 4 is 38.9 Å². The van der Waals surface area contributed by atoms with Gasteiger partial charge in [0.1, 0.15) is 0 Å². The van der Waals surface area contributed by atoms with E-state index in [1.54, 1.807) is 54.6 Å². The molecular weight excluding hydrogens is 408 g/mol. The lowest BCUT2D eigenvalue weighted by molar-refractivity contribution is 0.102. The summed E-state index contributed by atoms with van der Waals surface area (Å²) in [5, 5.41) is 3.05. The first kappa shape index (κ1) is 20.6. The summed E-state index contributed by atoms with van der Waals surface area (Å²) >= 11 is 6.22. The van der Waals surface area contributed by atoms with Crippen molar-refractivity contribution in [2.75, 3.05) is 16.2 Å². The smallest absolute Gasteiger partial charge is 0.264 e. The first-order chi connectivity index (χ1) is 13.9. The molecule has 0 bridgehead atoms. The summed E-state index contributed by atoms with van der Waals surface area (Å²) in [5.74, 6) is -0.402. The second-order valence-corrected chi connectivity index (χ2v) is 8.39. The molecular formula is C22H19ClN2O3S. The lowest BCUT2D eigenvalue weighted by Gasteiger charge is -2.24. The highest BCUT2D eigenvalue weighted by Gasteiger charge is 2.26. The molecule has 5 nitrogen and oxygen atoms in total. The van der Waals surface area contributed by atoms with Crippen LogP contribution in [-0.4, -0.2) is 20.9 Å². The van der Waals surface area contributed by atoms with E-state index in [1.807, 2.05) is 6.07 Å². The number of nitrogens with one attached hydrogen (secondary N) is 1. The van der Waals surface area contributed by atoms with E-state index in [4.69, 9.17) is 11.6 Å². The largest absolute Gasteiger partial charge is 0.322 e. The number of hydrogen-bond acceptors (Lipinski definition) is 3. The van der Waals surface area contributed by atoms with Crippen LogP contribution in [0.1, 0.15) is 10.4 Å². The molecule has 148 valence electrons. The molecule has 1 amide bonds. The third kappa shape index (κ3) is 4.67. The van der Waals surface area contributed by atoms with Crippen molar-refractivity contribution in [3.8, 4) is 0 Å². The SMILES string of the molecule is C=CCN(c1ccccc1Cl)S(=O)(=O)c1cccc(C(=O)Nc2ccccc2)c1. The third-order valence-corrected chi connectivity index (χ3v) is 6.23. The Balaban J connectivity index is 1.96. The topological polar surface area (TPSA) is 66.5 Å². The molecule has 0 saturated carbocycles. The van der Waals surface area contributed by atoms with Crippen molar-refractivity contribution in [2.24, 2.45) is 0 Å². The summed E-state index contributed by atoms with van der Waals surface area (Å²) in [6.07, 6.45) is 1.48. The van der Waals surface area contributed by atoms with Gasteiger partial charge in [0.15, 0.2) is 0 Å². The van der Waals surface area contributed by atoms with Gasteiger partial charge in [0.2, 0.25) is 0 Å². The second-order valence-electron chi connectivity index (χ2n) is 6.12. The number of sulfonamides is 1. The van der Waals surface area contributed by atoms with E-state index >= 15 is 0 Å². The van der Waals surface area contributed by atoms with Crippen molar-refractivity contribution in [1.29, 1.82) is 0 Å². The molecule has 0 aliphatic rings. The molecule has 0 saturated heterocycles. The van der Waals surface area contributed by atoms with E-state index < -0.39 is 15.9 Å². The van der Waals surface area contributed by atoms with Crippen LogP contribution in [0.5, 0.6) is 0 Å². The van der Waals surface area contributed by atoms with Gasteiger partial charge in [-0.1, -0.05) is 54.1 Å². The van der Waals surface area contributed by atoms with E-state index in [2.05, 4.69) is 11.9 Å². The number of amides is 1. The quantitative estimate of drug-likeness (QED) is 0.542. The number of benzene rings is 3. The Kier molecular flexibility index (Phi) is 6.36.